The van der Waals surface area contributed by atoms with Crippen LogP contribution in [0.3, 0.4) is 0 Å². The lowest BCUT2D eigenvalue weighted by molar-refractivity contribution is -0.120. The van der Waals surface area contributed by atoms with Crippen molar-refractivity contribution < 1.29 is 4.79 Å². The topological polar surface area (TPSA) is 58.4 Å². The Morgan fingerprint density at radius 1 is 1.41 bits per heavy atom. The molecule has 1 heterocycles. The van der Waals surface area contributed by atoms with Gasteiger partial charge in [-0.2, -0.15) is 0 Å². The molecule has 1 aliphatic rings. The Balaban J connectivity index is 2.38. The number of carbonyl (C=O) groups excluding carboxylic acids is 1. The summed E-state index contributed by atoms with van der Waals surface area (Å²) in [6.07, 6.45) is 3.43. The Kier molecular flexibility index (Phi) is 5.40. The highest BCUT2D eigenvalue weighted by atomic mass is 16.1. The van der Waals surface area contributed by atoms with E-state index in [1.165, 1.54) is 12.8 Å². The summed E-state index contributed by atoms with van der Waals surface area (Å²) in [5, 5.41) is 3.22. The Hall–Kier alpha value is -0.610. The van der Waals surface area contributed by atoms with Crippen molar-refractivity contribution in [2.24, 2.45) is 11.1 Å². The summed E-state index contributed by atoms with van der Waals surface area (Å²) < 4.78 is 0. The minimum atomic E-state index is -0.233. The Morgan fingerprint density at radius 2 is 2.00 bits per heavy atom. The highest BCUT2D eigenvalue weighted by Gasteiger charge is 2.27. The van der Waals surface area contributed by atoms with Crippen LogP contribution in [0.4, 0.5) is 0 Å². The molecular weight excluding hydrogens is 214 g/mol. The largest absolute Gasteiger partial charge is 0.368 e. The van der Waals surface area contributed by atoms with Gasteiger partial charge in [0, 0.05) is 6.54 Å². The van der Waals surface area contributed by atoms with Gasteiger partial charge in [0.25, 0.3) is 0 Å². The molecule has 1 saturated heterocycles. The minimum Gasteiger partial charge on any atom is -0.368 e. The molecule has 1 amide bonds. The van der Waals surface area contributed by atoms with Crippen molar-refractivity contribution in [3.05, 3.63) is 0 Å². The minimum absolute atomic E-state index is 0.198. The van der Waals surface area contributed by atoms with Crippen LogP contribution in [0.15, 0.2) is 0 Å². The van der Waals surface area contributed by atoms with Crippen molar-refractivity contribution >= 4 is 5.91 Å². The van der Waals surface area contributed by atoms with Crippen molar-refractivity contribution in [1.82, 2.24) is 10.2 Å². The van der Waals surface area contributed by atoms with Crippen LogP contribution >= 0.6 is 0 Å². The maximum absolute atomic E-state index is 11.3. The van der Waals surface area contributed by atoms with E-state index < -0.39 is 0 Å². The molecule has 1 rings (SSSR count). The molecule has 0 aromatic carbocycles. The van der Waals surface area contributed by atoms with E-state index in [9.17, 15) is 4.79 Å². The Labute approximate surface area is 105 Å². The average molecular weight is 241 g/mol. The fraction of sp³-hybridized carbons (Fsp3) is 0.923. The third kappa shape index (κ3) is 5.04. The zero-order valence-corrected chi connectivity index (χ0v) is 11.5. The predicted molar refractivity (Wildman–Crippen MR) is 70.7 cm³/mol. The van der Waals surface area contributed by atoms with Crippen molar-refractivity contribution in [3.63, 3.8) is 0 Å². The van der Waals surface area contributed by atoms with E-state index in [2.05, 4.69) is 31.0 Å². The molecule has 4 nitrogen and oxygen atoms in total. The summed E-state index contributed by atoms with van der Waals surface area (Å²) in [7, 11) is 0. The number of nitrogens with zero attached hydrogens (tertiary/aromatic N) is 1. The fourth-order valence-corrected chi connectivity index (χ4v) is 2.17. The van der Waals surface area contributed by atoms with E-state index in [0.717, 1.165) is 32.6 Å². The average Bonchev–Trinajstić information content (AvgIpc) is 2.26. The van der Waals surface area contributed by atoms with Gasteiger partial charge in [0.1, 0.15) is 0 Å². The summed E-state index contributed by atoms with van der Waals surface area (Å²) in [4.78, 5) is 13.7. The number of nitrogens with one attached hydrogen (secondary N) is 1. The number of carbonyl (C=O) groups is 1. The number of hydrogen-bond donors (Lipinski definition) is 2. The SMILES string of the molecule is CCCNC(CN1CCC(C)(C)CC1)C(N)=O. The van der Waals surface area contributed by atoms with E-state index in [1.807, 2.05) is 0 Å². The summed E-state index contributed by atoms with van der Waals surface area (Å²) in [5.74, 6) is -0.233. The quantitative estimate of drug-likeness (QED) is 0.728. The molecule has 1 fully saturated rings. The second kappa shape index (κ2) is 6.36. The third-order valence-corrected chi connectivity index (χ3v) is 3.63. The van der Waals surface area contributed by atoms with Gasteiger partial charge in [-0.1, -0.05) is 20.8 Å². The fourth-order valence-electron chi connectivity index (χ4n) is 2.17. The second-order valence-corrected chi connectivity index (χ2v) is 5.87. The second-order valence-electron chi connectivity index (χ2n) is 5.87. The predicted octanol–water partition coefficient (Wildman–Crippen LogP) is 0.962. The van der Waals surface area contributed by atoms with Crippen molar-refractivity contribution in [1.29, 1.82) is 0 Å². The summed E-state index contributed by atoms with van der Waals surface area (Å²) in [6.45, 7) is 10.5. The standard InChI is InChI=1S/C13H27N3O/c1-4-7-15-11(12(14)17)10-16-8-5-13(2,3)6-9-16/h11,15H,4-10H2,1-3H3,(H2,14,17). The zero-order chi connectivity index (χ0) is 12.9. The summed E-state index contributed by atoms with van der Waals surface area (Å²) in [6, 6.07) is -0.198. The Bertz CT molecular complexity index is 243. The molecule has 0 aromatic heterocycles. The molecule has 0 saturated carbocycles. The highest BCUT2D eigenvalue weighted by molar-refractivity contribution is 5.80. The molecule has 0 radical (unpaired) electrons. The van der Waals surface area contributed by atoms with Crippen LogP contribution < -0.4 is 11.1 Å². The van der Waals surface area contributed by atoms with Crippen LogP contribution in [-0.4, -0.2) is 43.0 Å². The molecule has 3 N–H and O–H groups in total. The van der Waals surface area contributed by atoms with Gasteiger partial charge >= 0.3 is 0 Å². The van der Waals surface area contributed by atoms with Gasteiger partial charge in [0.2, 0.25) is 5.91 Å². The van der Waals surface area contributed by atoms with Gasteiger partial charge in [-0.25, -0.2) is 0 Å². The van der Waals surface area contributed by atoms with Gasteiger partial charge in [0.15, 0.2) is 0 Å². The number of amides is 1. The molecule has 100 valence electrons. The first-order valence-corrected chi connectivity index (χ1v) is 6.69. The molecule has 0 bridgehead atoms. The van der Waals surface area contributed by atoms with Gasteiger partial charge < -0.3 is 16.0 Å². The molecule has 4 heteroatoms. The van der Waals surface area contributed by atoms with Gasteiger partial charge in [-0.3, -0.25) is 4.79 Å². The van der Waals surface area contributed by atoms with E-state index in [-0.39, 0.29) is 11.9 Å². The van der Waals surface area contributed by atoms with E-state index in [0.29, 0.717) is 5.41 Å². The van der Waals surface area contributed by atoms with E-state index >= 15 is 0 Å². The smallest absolute Gasteiger partial charge is 0.235 e. The molecule has 1 atom stereocenters. The van der Waals surface area contributed by atoms with Crippen LogP contribution in [0.25, 0.3) is 0 Å². The maximum Gasteiger partial charge on any atom is 0.235 e. The molecular formula is C13H27N3O. The van der Waals surface area contributed by atoms with Gasteiger partial charge in [-0.05, 0) is 44.3 Å². The maximum atomic E-state index is 11.3. The number of hydrogen-bond acceptors (Lipinski definition) is 3. The lowest BCUT2D eigenvalue weighted by atomic mass is 9.82. The van der Waals surface area contributed by atoms with Crippen molar-refractivity contribution in [3.8, 4) is 0 Å². The number of likely N-dealkylation sites (tertiary alicyclic amines) is 1. The normalized spacial score (nSPS) is 22.3. The first-order chi connectivity index (χ1) is 7.94. The lowest BCUT2D eigenvalue weighted by Crippen LogP contribution is -2.51. The molecule has 0 aliphatic carbocycles. The third-order valence-electron chi connectivity index (χ3n) is 3.63. The van der Waals surface area contributed by atoms with E-state index in [1.54, 1.807) is 0 Å². The van der Waals surface area contributed by atoms with Gasteiger partial charge in [0.05, 0.1) is 6.04 Å². The first kappa shape index (κ1) is 14.5. The molecule has 17 heavy (non-hydrogen) atoms. The van der Waals surface area contributed by atoms with Crippen LogP contribution in [0.5, 0.6) is 0 Å². The zero-order valence-electron chi connectivity index (χ0n) is 11.5. The van der Waals surface area contributed by atoms with Crippen LogP contribution in [0.1, 0.15) is 40.0 Å². The Morgan fingerprint density at radius 3 is 2.47 bits per heavy atom. The number of nitrogens with two attached hydrogens (primary N) is 1. The van der Waals surface area contributed by atoms with Gasteiger partial charge in [-0.15, -0.1) is 0 Å². The molecule has 0 spiro atoms. The molecule has 1 unspecified atom stereocenters. The summed E-state index contributed by atoms with van der Waals surface area (Å²) >= 11 is 0. The van der Waals surface area contributed by atoms with Crippen molar-refractivity contribution in [2.45, 2.75) is 46.1 Å². The van der Waals surface area contributed by atoms with Crippen LogP contribution in [0, 0.1) is 5.41 Å². The number of piperidine rings is 1. The molecule has 0 aromatic rings. The number of rotatable bonds is 6. The first-order valence-electron chi connectivity index (χ1n) is 6.69. The summed E-state index contributed by atoms with van der Waals surface area (Å²) in [5.41, 5.74) is 5.87. The van der Waals surface area contributed by atoms with Crippen LogP contribution in [-0.2, 0) is 4.79 Å². The van der Waals surface area contributed by atoms with Crippen LogP contribution in [0.2, 0.25) is 0 Å². The highest BCUT2D eigenvalue weighted by Crippen LogP contribution is 2.29. The lowest BCUT2D eigenvalue weighted by Gasteiger charge is -2.38. The monoisotopic (exact) mass is 241 g/mol. The van der Waals surface area contributed by atoms with E-state index in [4.69, 9.17) is 5.73 Å². The van der Waals surface area contributed by atoms with Crippen molar-refractivity contribution in [2.75, 3.05) is 26.2 Å². The number of primary amides is 1. The molecule has 1 aliphatic heterocycles.